The molecule has 0 heterocycles. The Morgan fingerprint density at radius 3 is 2.17 bits per heavy atom. The number of carboxylic acids is 1. The molecule has 2 rings (SSSR count). The molecule has 0 atom stereocenters. The summed E-state index contributed by atoms with van der Waals surface area (Å²) in [5.41, 5.74) is 2.50. The van der Waals surface area contributed by atoms with Crippen LogP contribution in [0.5, 0.6) is 0 Å². The van der Waals surface area contributed by atoms with Crippen LogP contribution in [0.2, 0.25) is 5.02 Å². The summed E-state index contributed by atoms with van der Waals surface area (Å²) in [5.74, 6) is -3.21. The third kappa shape index (κ3) is 4.60. The predicted octanol–water partition coefficient (Wildman–Crippen LogP) is 3.71. The zero-order valence-corrected chi connectivity index (χ0v) is 13.7. The van der Waals surface area contributed by atoms with E-state index in [1.165, 1.54) is 4.90 Å². The molecular weight excluding hydrogens is 330 g/mol. The molecular formula is C18H16ClNO4. The molecule has 5 nitrogen and oxygen atoms in total. The second-order valence-electron chi connectivity index (χ2n) is 5.22. The number of hydrogen-bond donors (Lipinski definition) is 2. The molecule has 0 radical (unpaired) electrons. The number of nitrogens with zero attached hydrogens (tertiary/aromatic N) is 1. The van der Waals surface area contributed by atoms with E-state index in [4.69, 9.17) is 16.7 Å². The second-order valence-corrected chi connectivity index (χ2v) is 5.66. The van der Waals surface area contributed by atoms with Crippen molar-refractivity contribution in [3.63, 3.8) is 0 Å². The lowest BCUT2D eigenvalue weighted by molar-refractivity contribution is -0.135. The Morgan fingerprint density at radius 2 is 1.62 bits per heavy atom. The van der Waals surface area contributed by atoms with Gasteiger partial charge in [-0.3, -0.25) is 4.79 Å². The Hall–Kier alpha value is -2.79. The largest absolute Gasteiger partial charge is 0.502 e. The van der Waals surface area contributed by atoms with Crippen molar-refractivity contribution in [3.8, 4) is 0 Å². The van der Waals surface area contributed by atoms with Gasteiger partial charge in [-0.25, -0.2) is 4.79 Å². The number of carbonyl (C=O) groups is 2. The maximum absolute atomic E-state index is 12.4. The molecule has 1 amide bonds. The molecule has 0 aliphatic rings. The van der Waals surface area contributed by atoms with Crippen molar-refractivity contribution >= 4 is 29.2 Å². The first-order valence-corrected chi connectivity index (χ1v) is 7.51. The molecule has 2 aromatic rings. The van der Waals surface area contributed by atoms with Gasteiger partial charge < -0.3 is 15.1 Å². The number of halogens is 1. The van der Waals surface area contributed by atoms with Crippen molar-refractivity contribution in [2.24, 2.45) is 0 Å². The van der Waals surface area contributed by atoms with Gasteiger partial charge in [0.1, 0.15) is 0 Å². The lowest BCUT2D eigenvalue weighted by atomic mass is 10.1. The summed E-state index contributed by atoms with van der Waals surface area (Å²) >= 11 is 5.87. The molecule has 0 bridgehead atoms. The topological polar surface area (TPSA) is 77.8 Å². The van der Waals surface area contributed by atoms with Crippen molar-refractivity contribution in [1.29, 1.82) is 0 Å². The summed E-state index contributed by atoms with van der Waals surface area (Å²) in [6.07, 6.45) is 0.686. The standard InChI is InChI=1S/C18H16ClNO4/c1-12-2-4-13(5-3-12)11-20(15-8-6-14(19)7-9-15)17(22)10-16(21)18(23)24/h2-10,21H,11H2,1H3,(H,23,24). The highest BCUT2D eigenvalue weighted by Crippen LogP contribution is 2.21. The maximum Gasteiger partial charge on any atom is 0.371 e. The van der Waals surface area contributed by atoms with Gasteiger partial charge in [-0.15, -0.1) is 0 Å². The van der Waals surface area contributed by atoms with E-state index in [1.807, 2.05) is 31.2 Å². The first kappa shape index (κ1) is 17.6. The van der Waals surface area contributed by atoms with Gasteiger partial charge in [0.2, 0.25) is 5.76 Å². The van der Waals surface area contributed by atoms with E-state index >= 15 is 0 Å². The summed E-state index contributed by atoms with van der Waals surface area (Å²) in [6.45, 7) is 2.18. The first-order chi connectivity index (χ1) is 11.4. The summed E-state index contributed by atoms with van der Waals surface area (Å²) in [7, 11) is 0. The molecule has 0 aliphatic heterocycles. The Balaban J connectivity index is 2.35. The molecule has 24 heavy (non-hydrogen) atoms. The predicted molar refractivity (Wildman–Crippen MR) is 92.2 cm³/mol. The van der Waals surface area contributed by atoms with Crippen LogP contribution in [0, 0.1) is 6.92 Å². The summed E-state index contributed by atoms with van der Waals surface area (Å²) in [4.78, 5) is 24.5. The highest BCUT2D eigenvalue weighted by Gasteiger charge is 2.17. The van der Waals surface area contributed by atoms with Crippen molar-refractivity contribution in [2.45, 2.75) is 13.5 Å². The van der Waals surface area contributed by atoms with E-state index < -0.39 is 17.6 Å². The Bertz CT molecular complexity index is 767. The van der Waals surface area contributed by atoms with Crippen LogP contribution in [-0.4, -0.2) is 22.1 Å². The summed E-state index contributed by atoms with van der Waals surface area (Å²) < 4.78 is 0. The van der Waals surface area contributed by atoms with Gasteiger partial charge in [0.05, 0.1) is 12.6 Å². The Labute approximate surface area is 144 Å². The SMILES string of the molecule is Cc1ccc(CN(C(=O)C=C(O)C(=O)O)c2ccc(Cl)cc2)cc1. The van der Waals surface area contributed by atoms with Crippen LogP contribution in [0.3, 0.4) is 0 Å². The van der Waals surface area contributed by atoms with Crippen LogP contribution in [0.4, 0.5) is 5.69 Å². The average Bonchev–Trinajstić information content (AvgIpc) is 2.55. The third-order valence-corrected chi connectivity index (χ3v) is 3.60. The Morgan fingerprint density at radius 1 is 1.04 bits per heavy atom. The van der Waals surface area contributed by atoms with Crippen molar-refractivity contribution in [3.05, 3.63) is 76.5 Å². The molecule has 0 spiro atoms. The molecule has 124 valence electrons. The second kappa shape index (κ2) is 7.66. The molecule has 2 aromatic carbocycles. The number of carboxylic acid groups (broad SMARTS) is 1. The van der Waals surface area contributed by atoms with Crippen molar-refractivity contribution < 1.29 is 19.8 Å². The Kier molecular flexibility index (Phi) is 5.60. The number of hydrogen-bond acceptors (Lipinski definition) is 3. The summed E-state index contributed by atoms with van der Waals surface area (Å²) in [5, 5.41) is 18.6. The number of carbonyl (C=O) groups excluding carboxylic acids is 1. The number of aliphatic carboxylic acids is 1. The van der Waals surface area contributed by atoms with Gasteiger partial charge in [0.25, 0.3) is 5.91 Å². The lowest BCUT2D eigenvalue weighted by Crippen LogP contribution is -2.29. The van der Waals surface area contributed by atoms with Crippen molar-refractivity contribution in [2.75, 3.05) is 4.90 Å². The van der Waals surface area contributed by atoms with Crippen molar-refractivity contribution in [1.82, 2.24) is 0 Å². The minimum absolute atomic E-state index is 0.226. The summed E-state index contributed by atoms with van der Waals surface area (Å²) in [6, 6.07) is 14.2. The number of rotatable bonds is 5. The fraction of sp³-hybridized carbons (Fsp3) is 0.111. The molecule has 0 unspecified atom stereocenters. The molecule has 2 N–H and O–H groups in total. The lowest BCUT2D eigenvalue weighted by Gasteiger charge is -2.22. The van der Waals surface area contributed by atoms with Gasteiger partial charge in [0.15, 0.2) is 0 Å². The zero-order chi connectivity index (χ0) is 17.7. The first-order valence-electron chi connectivity index (χ1n) is 7.13. The minimum Gasteiger partial charge on any atom is -0.502 e. The van der Waals surface area contributed by atoms with Gasteiger partial charge in [-0.2, -0.15) is 0 Å². The van der Waals surface area contributed by atoms with Crippen LogP contribution in [0.25, 0.3) is 0 Å². The number of aryl methyl sites for hydroxylation is 1. The molecule has 6 heteroatoms. The number of aliphatic hydroxyl groups excluding tert-OH is 1. The number of aliphatic hydroxyl groups is 1. The van der Waals surface area contributed by atoms with E-state index in [0.717, 1.165) is 11.1 Å². The molecule has 0 aromatic heterocycles. The van der Waals surface area contributed by atoms with Gasteiger partial charge >= 0.3 is 5.97 Å². The van der Waals surface area contributed by atoms with Crippen LogP contribution in [-0.2, 0) is 16.1 Å². The quantitative estimate of drug-likeness (QED) is 0.639. The molecule has 0 saturated carbocycles. The van der Waals surface area contributed by atoms with E-state index in [2.05, 4.69) is 0 Å². The van der Waals surface area contributed by atoms with E-state index in [9.17, 15) is 14.7 Å². The van der Waals surface area contributed by atoms with Crippen LogP contribution < -0.4 is 4.90 Å². The highest BCUT2D eigenvalue weighted by molar-refractivity contribution is 6.30. The maximum atomic E-state index is 12.4. The minimum atomic E-state index is -1.56. The van der Waals surface area contributed by atoms with Crippen LogP contribution in [0.1, 0.15) is 11.1 Å². The molecule has 0 fully saturated rings. The zero-order valence-electron chi connectivity index (χ0n) is 12.9. The number of anilines is 1. The van der Waals surface area contributed by atoms with E-state index in [1.54, 1.807) is 24.3 Å². The van der Waals surface area contributed by atoms with E-state index in [-0.39, 0.29) is 6.54 Å². The fourth-order valence-corrected chi connectivity index (χ4v) is 2.18. The third-order valence-electron chi connectivity index (χ3n) is 3.34. The molecule has 0 saturated heterocycles. The highest BCUT2D eigenvalue weighted by atomic mass is 35.5. The van der Waals surface area contributed by atoms with Gasteiger partial charge in [-0.05, 0) is 36.8 Å². The van der Waals surface area contributed by atoms with E-state index in [0.29, 0.717) is 16.8 Å². The van der Waals surface area contributed by atoms with Gasteiger partial charge in [-0.1, -0.05) is 41.4 Å². The van der Waals surface area contributed by atoms with Crippen LogP contribution >= 0.6 is 11.6 Å². The smallest absolute Gasteiger partial charge is 0.371 e. The fourth-order valence-electron chi connectivity index (χ4n) is 2.05. The molecule has 0 aliphatic carbocycles. The number of amides is 1. The van der Waals surface area contributed by atoms with Gasteiger partial charge in [0, 0.05) is 10.7 Å². The monoisotopic (exact) mass is 345 g/mol. The average molecular weight is 346 g/mol. The van der Waals surface area contributed by atoms with Crippen LogP contribution in [0.15, 0.2) is 60.4 Å². The normalized spacial score (nSPS) is 11.2. The number of benzene rings is 2.